The molecule has 0 saturated heterocycles. The largest absolute Gasteiger partial charge is 0.575 e. The molecule has 21 heavy (non-hydrogen) atoms. The Hall–Kier alpha value is -1.00. The van der Waals surface area contributed by atoms with Crippen molar-refractivity contribution in [3.8, 4) is 0 Å². The third-order valence-electron chi connectivity index (χ3n) is 3.22. The molecule has 0 atom stereocenters. The van der Waals surface area contributed by atoms with E-state index in [1.165, 1.54) is 31.8 Å². The van der Waals surface area contributed by atoms with Gasteiger partial charge in [0, 0.05) is 5.57 Å². The first kappa shape index (κ1) is 20.0. The van der Waals surface area contributed by atoms with Crippen LogP contribution in [-0.2, 0) is 9.53 Å². The molecule has 0 amide bonds. The fourth-order valence-corrected chi connectivity index (χ4v) is 2.15. The van der Waals surface area contributed by atoms with E-state index in [2.05, 4.69) is 11.7 Å². The summed E-state index contributed by atoms with van der Waals surface area (Å²) in [5.74, 6) is -1.26. The summed E-state index contributed by atoms with van der Waals surface area (Å²) in [6.07, 6.45) is 6.32. The molecular weight excluding hydrogens is 281 g/mol. The molecule has 124 valence electrons. The minimum atomic E-state index is -4.90. The molecule has 0 unspecified atom stereocenters. The van der Waals surface area contributed by atoms with Crippen molar-refractivity contribution in [2.24, 2.45) is 0 Å². The van der Waals surface area contributed by atoms with Crippen LogP contribution < -0.4 is 0 Å². The van der Waals surface area contributed by atoms with E-state index in [-0.39, 0.29) is 5.57 Å². The first-order valence-electron chi connectivity index (χ1n) is 7.89. The minimum absolute atomic E-state index is 0.140. The van der Waals surface area contributed by atoms with Gasteiger partial charge in [0.25, 0.3) is 0 Å². The maximum absolute atomic E-state index is 12.0. The first-order valence-corrected chi connectivity index (χ1v) is 7.89. The zero-order chi connectivity index (χ0) is 16.1. The van der Waals surface area contributed by atoms with Crippen molar-refractivity contribution in [3.05, 3.63) is 11.6 Å². The van der Waals surface area contributed by atoms with Gasteiger partial charge in [-0.2, -0.15) is 0 Å². The molecule has 0 aliphatic carbocycles. The summed E-state index contributed by atoms with van der Waals surface area (Å²) in [5, 5.41) is 0. The van der Waals surface area contributed by atoms with E-state index in [9.17, 15) is 18.0 Å². The molecule has 0 spiro atoms. The van der Waals surface area contributed by atoms with Gasteiger partial charge in [0.05, 0.1) is 0 Å². The number of carbonyl (C=O) groups excluding carboxylic acids is 1. The molecule has 2 nitrogen and oxygen atoms in total. The molecule has 0 rings (SSSR count). The maximum atomic E-state index is 12.0. The van der Waals surface area contributed by atoms with E-state index < -0.39 is 12.3 Å². The molecule has 0 aliphatic heterocycles. The highest BCUT2D eigenvalue weighted by atomic mass is 19.4. The van der Waals surface area contributed by atoms with Crippen LogP contribution >= 0.6 is 0 Å². The fraction of sp³-hybridized carbons (Fsp3) is 0.812. The number of ether oxygens (including phenoxy) is 1. The van der Waals surface area contributed by atoms with Gasteiger partial charge >= 0.3 is 12.3 Å². The number of hydrogen-bond acceptors (Lipinski definition) is 2. The van der Waals surface area contributed by atoms with Gasteiger partial charge in [-0.25, -0.2) is 4.79 Å². The van der Waals surface area contributed by atoms with Crippen molar-refractivity contribution < 1.29 is 22.7 Å². The Labute approximate surface area is 125 Å². The highest BCUT2D eigenvalue weighted by Gasteiger charge is 2.34. The van der Waals surface area contributed by atoms with Crippen LogP contribution in [-0.4, -0.2) is 12.3 Å². The van der Waals surface area contributed by atoms with Crippen LogP contribution in [0.3, 0.4) is 0 Å². The Morgan fingerprint density at radius 2 is 1.48 bits per heavy atom. The van der Waals surface area contributed by atoms with Gasteiger partial charge in [-0.1, -0.05) is 64.9 Å². The monoisotopic (exact) mass is 308 g/mol. The summed E-state index contributed by atoms with van der Waals surface area (Å²) in [7, 11) is 0. The molecule has 0 N–H and O–H groups in total. The summed E-state index contributed by atoms with van der Waals surface area (Å²) < 4.78 is 39.5. The van der Waals surface area contributed by atoms with Crippen LogP contribution in [0.25, 0.3) is 0 Å². The average molecular weight is 308 g/mol. The SMILES string of the molecule is CCC=C(CCCCCCCCCC)C(=O)OC(F)(F)F. The van der Waals surface area contributed by atoms with Crippen molar-refractivity contribution in [2.45, 2.75) is 84.4 Å². The zero-order valence-electron chi connectivity index (χ0n) is 13.1. The standard InChI is InChI=1S/C16H27F3O2/c1-3-5-6-7-8-9-10-11-13-14(12-4-2)15(20)21-16(17,18)19/h12H,3-11,13H2,1-2H3. The molecule has 0 aliphatic rings. The second kappa shape index (κ2) is 11.6. The average Bonchev–Trinajstić information content (AvgIpc) is 2.38. The predicted molar refractivity (Wildman–Crippen MR) is 77.7 cm³/mol. The van der Waals surface area contributed by atoms with E-state index in [1.807, 2.05) is 0 Å². The molecule has 0 bridgehead atoms. The van der Waals surface area contributed by atoms with Crippen molar-refractivity contribution in [1.82, 2.24) is 0 Å². The Balaban J connectivity index is 3.91. The molecule has 0 aromatic rings. The summed E-state index contributed by atoms with van der Waals surface area (Å²) in [5.41, 5.74) is 0.140. The van der Waals surface area contributed by atoms with Crippen LogP contribution in [0.2, 0.25) is 0 Å². The number of carbonyl (C=O) groups is 1. The molecule has 0 saturated carbocycles. The van der Waals surface area contributed by atoms with Gasteiger partial charge in [0.15, 0.2) is 0 Å². The van der Waals surface area contributed by atoms with Crippen molar-refractivity contribution in [2.75, 3.05) is 0 Å². The van der Waals surface area contributed by atoms with Gasteiger partial charge in [-0.05, 0) is 19.3 Å². The minimum Gasteiger partial charge on any atom is -0.369 e. The normalized spacial score (nSPS) is 12.5. The Morgan fingerprint density at radius 1 is 0.952 bits per heavy atom. The van der Waals surface area contributed by atoms with Gasteiger partial charge in [0.2, 0.25) is 0 Å². The van der Waals surface area contributed by atoms with E-state index in [0.29, 0.717) is 12.8 Å². The fourth-order valence-electron chi connectivity index (χ4n) is 2.15. The van der Waals surface area contributed by atoms with Gasteiger partial charge < -0.3 is 4.74 Å². The van der Waals surface area contributed by atoms with E-state index in [1.54, 1.807) is 6.92 Å². The van der Waals surface area contributed by atoms with Crippen LogP contribution in [0.5, 0.6) is 0 Å². The number of allylic oxidation sites excluding steroid dienone is 1. The van der Waals surface area contributed by atoms with Gasteiger partial charge in [-0.3, -0.25) is 0 Å². The quantitative estimate of drug-likeness (QED) is 0.269. The molecular formula is C16H27F3O2. The molecule has 0 fully saturated rings. The van der Waals surface area contributed by atoms with Gasteiger partial charge in [-0.15, -0.1) is 13.2 Å². The van der Waals surface area contributed by atoms with E-state index in [0.717, 1.165) is 25.7 Å². The predicted octanol–water partition coefficient (Wildman–Crippen LogP) is 5.92. The third-order valence-corrected chi connectivity index (χ3v) is 3.22. The zero-order valence-corrected chi connectivity index (χ0v) is 13.1. The second-order valence-corrected chi connectivity index (χ2v) is 5.20. The van der Waals surface area contributed by atoms with Crippen LogP contribution in [0.15, 0.2) is 11.6 Å². The summed E-state index contributed by atoms with van der Waals surface area (Å²) in [4.78, 5) is 11.4. The first-order chi connectivity index (χ1) is 9.90. The molecule has 0 aromatic heterocycles. The van der Waals surface area contributed by atoms with Gasteiger partial charge in [0.1, 0.15) is 0 Å². The number of halogens is 3. The highest BCUT2D eigenvalue weighted by Crippen LogP contribution is 2.21. The summed E-state index contributed by atoms with van der Waals surface area (Å²) >= 11 is 0. The summed E-state index contributed by atoms with van der Waals surface area (Å²) in [6, 6.07) is 0. The van der Waals surface area contributed by atoms with Crippen LogP contribution in [0, 0.1) is 0 Å². The molecule has 0 heterocycles. The second-order valence-electron chi connectivity index (χ2n) is 5.20. The number of esters is 1. The lowest BCUT2D eigenvalue weighted by Gasteiger charge is -2.10. The number of alkyl halides is 3. The Kier molecular flexibility index (Phi) is 11.1. The van der Waals surface area contributed by atoms with Crippen LogP contribution in [0.1, 0.15) is 78.1 Å². The van der Waals surface area contributed by atoms with E-state index >= 15 is 0 Å². The number of unbranched alkanes of at least 4 members (excludes halogenated alkanes) is 7. The van der Waals surface area contributed by atoms with Crippen molar-refractivity contribution >= 4 is 5.97 Å². The molecule has 0 aromatic carbocycles. The highest BCUT2D eigenvalue weighted by molar-refractivity contribution is 5.88. The third kappa shape index (κ3) is 12.5. The summed E-state index contributed by atoms with van der Waals surface area (Å²) in [6.45, 7) is 3.95. The smallest absolute Gasteiger partial charge is 0.369 e. The lowest BCUT2D eigenvalue weighted by Crippen LogP contribution is -2.20. The molecule has 0 radical (unpaired) electrons. The van der Waals surface area contributed by atoms with Crippen molar-refractivity contribution in [1.29, 1.82) is 0 Å². The Morgan fingerprint density at radius 3 is 1.95 bits per heavy atom. The van der Waals surface area contributed by atoms with Crippen molar-refractivity contribution in [3.63, 3.8) is 0 Å². The van der Waals surface area contributed by atoms with E-state index in [4.69, 9.17) is 0 Å². The lowest BCUT2D eigenvalue weighted by atomic mass is 10.0. The van der Waals surface area contributed by atoms with Crippen LogP contribution in [0.4, 0.5) is 13.2 Å². The number of hydrogen-bond donors (Lipinski definition) is 0. The lowest BCUT2D eigenvalue weighted by molar-refractivity contribution is -0.303. The molecule has 5 heteroatoms. The Bertz CT molecular complexity index is 309. The topological polar surface area (TPSA) is 26.3 Å². The maximum Gasteiger partial charge on any atom is 0.575 e. The number of rotatable bonds is 11.